The third kappa shape index (κ3) is 9.60. The van der Waals surface area contributed by atoms with E-state index >= 15 is 0 Å². The predicted molar refractivity (Wildman–Crippen MR) is 116 cm³/mol. The highest BCUT2D eigenvalue weighted by Crippen LogP contribution is 2.12. The van der Waals surface area contributed by atoms with Crippen molar-refractivity contribution < 1.29 is 9.53 Å². The van der Waals surface area contributed by atoms with Crippen LogP contribution in [-0.4, -0.2) is 62.1 Å². The monoisotopic (exact) mass is 391 g/mol. The molecule has 0 aliphatic rings. The van der Waals surface area contributed by atoms with Gasteiger partial charge in [-0.3, -0.25) is 14.7 Å². The molecule has 0 spiro atoms. The van der Waals surface area contributed by atoms with E-state index in [4.69, 9.17) is 10.5 Å². The Hall–Kier alpha value is -2.28. The average molecular weight is 392 g/mol. The number of carbonyl (C=O) groups excluding carboxylic acids is 1. The molecular weight excluding hydrogens is 354 g/mol. The summed E-state index contributed by atoms with van der Waals surface area (Å²) in [7, 11) is 1.79. The van der Waals surface area contributed by atoms with Crippen LogP contribution in [-0.2, 0) is 11.2 Å². The second-order valence-electron chi connectivity index (χ2n) is 7.35. The molecule has 0 fully saturated rings. The molecule has 0 aliphatic heterocycles. The van der Waals surface area contributed by atoms with Crippen LogP contribution in [0.15, 0.2) is 29.3 Å². The molecule has 7 heteroatoms. The van der Waals surface area contributed by atoms with Crippen molar-refractivity contribution in [2.24, 2.45) is 10.7 Å². The number of amides is 1. The maximum absolute atomic E-state index is 10.7. The standard InChI is InChI=1S/C21H37N5O2/c1-16(2)26(17(3)4)14-6-12-24-21(23-5)25-13-11-18-7-9-19(10-8-18)28-15-20(22)27/h7-10,16-17H,6,11-15H2,1-5H3,(H2,22,27)(H2,23,24,25). The minimum atomic E-state index is -0.478. The fourth-order valence-electron chi connectivity index (χ4n) is 3.03. The van der Waals surface area contributed by atoms with E-state index in [9.17, 15) is 4.79 Å². The fraction of sp³-hybridized carbons (Fsp3) is 0.619. The summed E-state index contributed by atoms with van der Waals surface area (Å²) in [6.45, 7) is 11.6. The van der Waals surface area contributed by atoms with Crippen LogP contribution in [0, 0.1) is 0 Å². The summed E-state index contributed by atoms with van der Waals surface area (Å²) in [6, 6.07) is 8.79. The SMILES string of the molecule is CN=C(NCCCN(C(C)C)C(C)C)NCCc1ccc(OCC(N)=O)cc1. The first-order chi connectivity index (χ1) is 13.3. The van der Waals surface area contributed by atoms with Gasteiger partial charge in [-0.25, -0.2) is 0 Å². The molecule has 0 heterocycles. The van der Waals surface area contributed by atoms with E-state index in [1.165, 1.54) is 5.56 Å². The van der Waals surface area contributed by atoms with Crippen LogP contribution in [0.25, 0.3) is 0 Å². The molecule has 1 rings (SSSR count). The van der Waals surface area contributed by atoms with Crippen LogP contribution < -0.4 is 21.1 Å². The van der Waals surface area contributed by atoms with Gasteiger partial charge in [0, 0.05) is 38.8 Å². The largest absolute Gasteiger partial charge is 0.484 e. The lowest BCUT2D eigenvalue weighted by Gasteiger charge is -2.30. The Morgan fingerprint density at radius 2 is 1.71 bits per heavy atom. The number of benzene rings is 1. The van der Waals surface area contributed by atoms with E-state index in [2.05, 4.69) is 48.2 Å². The zero-order valence-corrected chi connectivity index (χ0v) is 18.0. The summed E-state index contributed by atoms with van der Waals surface area (Å²) in [5, 5.41) is 6.71. The van der Waals surface area contributed by atoms with Crippen LogP contribution in [0.4, 0.5) is 0 Å². The van der Waals surface area contributed by atoms with E-state index in [1.807, 2.05) is 24.3 Å². The third-order valence-corrected chi connectivity index (χ3v) is 4.45. The van der Waals surface area contributed by atoms with E-state index in [0.29, 0.717) is 17.8 Å². The van der Waals surface area contributed by atoms with Crippen molar-refractivity contribution in [3.05, 3.63) is 29.8 Å². The molecule has 4 N–H and O–H groups in total. The number of primary amides is 1. The lowest BCUT2D eigenvalue weighted by molar-refractivity contribution is -0.119. The number of guanidine groups is 1. The van der Waals surface area contributed by atoms with E-state index < -0.39 is 5.91 Å². The van der Waals surface area contributed by atoms with Crippen molar-refractivity contribution in [3.8, 4) is 5.75 Å². The Kier molecular flexibility index (Phi) is 11.0. The Bertz CT molecular complexity index is 591. The van der Waals surface area contributed by atoms with E-state index in [0.717, 1.165) is 38.4 Å². The van der Waals surface area contributed by atoms with Crippen molar-refractivity contribution in [3.63, 3.8) is 0 Å². The molecule has 0 bridgehead atoms. The van der Waals surface area contributed by atoms with Crippen molar-refractivity contribution >= 4 is 11.9 Å². The fourth-order valence-corrected chi connectivity index (χ4v) is 3.03. The van der Waals surface area contributed by atoms with E-state index in [1.54, 1.807) is 7.05 Å². The first-order valence-electron chi connectivity index (χ1n) is 10.0. The maximum Gasteiger partial charge on any atom is 0.255 e. The summed E-state index contributed by atoms with van der Waals surface area (Å²) in [5.41, 5.74) is 6.25. The first-order valence-corrected chi connectivity index (χ1v) is 10.0. The summed E-state index contributed by atoms with van der Waals surface area (Å²) < 4.78 is 5.26. The lowest BCUT2D eigenvalue weighted by Crippen LogP contribution is -2.41. The van der Waals surface area contributed by atoms with Gasteiger partial charge in [0.25, 0.3) is 5.91 Å². The number of aliphatic imine (C=N–C) groups is 1. The van der Waals surface area contributed by atoms with Crippen LogP contribution >= 0.6 is 0 Å². The molecule has 0 radical (unpaired) electrons. The molecule has 1 amide bonds. The van der Waals surface area contributed by atoms with Crippen molar-refractivity contribution in [2.75, 3.05) is 33.3 Å². The molecular formula is C21H37N5O2. The highest BCUT2D eigenvalue weighted by atomic mass is 16.5. The number of nitrogens with one attached hydrogen (secondary N) is 2. The number of carbonyl (C=O) groups is 1. The van der Waals surface area contributed by atoms with Gasteiger partial charge in [-0.2, -0.15) is 0 Å². The molecule has 0 saturated heterocycles. The van der Waals surface area contributed by atoms with Gasteiger partial charge in [-0.1, -0.05) is 12.1 Å². The quantitative estimate of drug-likeness (QED) is 0.287. The first kappa shape index (κ1) is 23.8. The number of rotatable bonds is 12. The Labute approximate surface area is 169 Å². The topological polar surface area (TPSA) is 92.0 Å². The number of nitrogens with zero attached hydrogens (tertiary/aromatic N) is 2. The Morgan fingerprint density at radius 3 is 2.25 bits per heavy atom. The molecule has 158 valence electrons. The molecule has 0 atom stereocenters. The summed E-state index contributed by atoms with van der Waals surface area (Å²) >= 11 is 0. The second kappa shape index (κ2) is 13.0. The molecule has 1 aromatic carbocycles. The smallest absolute Gasteiger partial charge is 0.255 e. The van der Waals surface area contributed by atoms with E-state index in [-0.39, 0.29) is 6.61 Å². The summed E-state index contributed by atoms with van der Waals surface area (Å²) in [5.74, 6) is 0.986. The van der Waals surface area contributed by atoms with Gasteiger partial charge >= 0.3 is 0 Å². The minimum Gasteiger partial charge on any atom is -0.484 e. The average Bonchev–Trinajstić information content (AvgIpc) is 2.65. The van der Waals surface area contributed by atoms with Crippen LogP contribution in [0.2, 0.25) is 0 Å². The van der Waals surface area contributed by atoms with Gasteiger partial charge in [-0.15, -0.1) is 0 Å². The number of hydrogen-bond donors (Lipinski definition) is 3. The van der Waals surface area contributed by atoms with Crippen LogP contribution in [0.5, 0.6) is 5.75 Å². The van der Waals surface area contributed by atoms with Crippen LogP contribution in [0.3, 0.4) is 0 Å². The maximum atomic E-state index is 10.7. The lowest BCUT2D eigenvalue weighted by atomic mass is 10.1. The molecule has 0 unspecified atom stereocenters. The molecule has 28 heavy (non-hydrogen) atoms. The normalized spacial score (nSPS) is 11.9. The van der Waals surface area contributed by atoms with Gasteiger partial charge in [0.15, 0.2) is 12.6 Å². The molecule has 0 aliphatic carbocycles. The van der Waals surface area contributed by atoms with Gasteiger partial charge in [0.1, 0.15) is 5.75 Å². The van der Waals surface area contributed by atoms with Crippen molar-refractivity contribution in [1.29, 1.82) is 0 Å². The number of ether oxygens (including phenoxy) is 1. The van der Waals surface area contributed by atoms with Crippen molar-refractivity contribution in [1.82, 2.24) is 15.5 Å². The summed E-state index contributed by atoms with van der Waals surface area (Å²) in [4.78, 5) is 17.5. The van der Waals surface area contributed by atoms with Gasteiger partial charge in [-0.05, 0) is 58.2 Å². The highest BCUT2D eigenvalue weighted by Gasteiger charge is 2.12. The van der Waals surface area contributed by atoms with Gasteiger partial charge in [0.2, 0.25) is 0 Å². The zero-order chi connectivity index (χ0) is 20.9. The van der Waals surface area contributed by atoms with Crippen molar-refractivity contribution in [2.45, 2.75) is 52.6 Å². The van der Waals surface area contributed by atoms with Crippen LogP contribution in [0.1, 0.15) is 39.7 Å². The highest BCUT2D eigenvalue weighted by molar-refractivity contribution is 5.79. The third-order valence-electron chi connectivity index (χ3n) is 4.45. The number of hydrogen-bond acceptors (Lipinski definition) is 4. The minimum absolute atomic E-state index is 0.102. The van der Waals surface area contributed by atoms with Gasteiger partial charge in [0.05, 0.1) is 0 Å². The Morgan fingerprint density at radius 1 is 1.11 bits per heavy atom. The summed E-state index contributed by atoms with van der Waals surface area (Å²) in [6.07, 6.45) is 1.94. The predicted octanol–water partition coefficient (Wildman–Crippen LogP) is 1.77. The molecule has 0 saturated carbocycles. The second-order valence-corrected chi connectivity index (χ2v) is 7.35. The molecule has 1 aromatic rings. The Balaban J connectivity index is 2.28. The molecule has 0 aromatic heterocycles. The zero-order valence-electron chi connectivity index (χ0n) is 18.0. The molecule has 7 nitrogen and oxygen atoms in total. The number of nitrogens with two attached hydrogens (primary N) is 1. The van der Waals surface area contributed by atoms with Gasteiger partial charge < -0.3 is 21.1 Å².